The first kappa shape index (κ1) is 30.1. The van der Waals surface area contributed by atoms with Gasteiger partial charge in [-0.25, -0.2) is 4.79 Å². The summed E-state index contributed by atoms with van der Waals surface area (Å²) < 4.78 is 60.0. The number of nitrogens with two attached hydrogens (primary N) is 1. The minimum Gasteiger partial charge on any atom is -0.496 e. The van der Waals surface area contributed by atoms with Crippen LogP contribution in [0.15, 0.2) is 84.9 Å². The summed E-state index contributed by atoms with van der Waals surface area (Å²) in [6.07, 6.45) is 0. The Morgan fingerprint density at radius 3 is 2.13 bits per heavy atom. The number of nitrogens with zero attached hydrogens (tertiary/aromatic N) is 2. The number of nitrogen functional groups attached to an aromatic ring is 1. The Hall–Kier alpha value is -6.35. The van der Waals surface area contributed by atoms with Crippen molar-refractivity contribution < 1.29 is 42.4 Å². The number of hydrogen-bond donors (Lipinski definition) is 2. The lowest BCUT2D eigenvalue weighted by molar-refractivity contribution is 0.0696. The molecule has 0 aliphatic heterocycles. The van der Waals surface area contributed by atoms with Gasteiger partial charge in [0.1, 0.15) is 17.2 Å². The van der Waals surface area contributed by atoms with Crippen LogP contribution in [0.1, 0.15) is 15.9 Å². The van der Waals surface area contributed by atoms with Gasteiger partial charge >= 0.3 is 5.97 Å². The molecule has 0 saturated heterocycles. The summed E-state index contributed by atoms with van der Waals surface area (Å²) in [6.45, 7) is 0. The molecule has 0 fully saturated rings. The largest absolute Gasteiger partial charge is 0.496 e. The van der Waals surface area contributed by atoms with Crippen molar-refractivity contribution in [1.82, 2.24) is 4.98 Å². The number of benzene rings is 4. The second-order valence-corrected chi connectivity index (χ2v) is 9.26. The molecule has 0 atom stereocenters. The molecule has 10 nitrogen and oxygen atoms in total. The molecule has 0 radical (unpaired) electrons. The highest BCUT2D eigenvalue weighted by atomic mass is 19.1. The monoisotopic (exact) mass is 611 g/mol. The van der Waals surface area contributed by atoms with E-state index in [0.29, 0.717) is 16.8 Å². The highest BCUT2D eigenvalue weighted by Crippen LogP contribution is 2.45. The Morgan fingerprint density at radius 2 is 1.49 bits per heavy atom. The van der Waals surface area contributed by atoms with Crippen LogP contribution in [0.25, 0.3) is 11.1 Å². The maximum absolute atomic E-state index is 16.2. The third kappa shape index (κ3) is 6.37. The molecule has 226 valence electrons. The number of aromatic nitrogens is 1. The molecule has 0 amide bonds. The molecule has 0 bridgehead atoms. The second-order valence-electron chi connectivity index (χ2n) is 9.26. The van der Waals surface area contributed by atoms with E-state index in [1.165, 1.54) is 50.6 Å². The predicted octanol–water partition coefficient (Wildman–Crippen LogP) is 7.57. The molecule has 1 heterocycles. The zero-order valence-corrected chi connectivity index (χ0v) is 23.7. The topological polar surface area (TPSA) is 146 Å². The summed E-state index contributed by atoms with van der Waals surface area (Å²) >= 11 is 0. The fourth-order valence-corrected chi connectivity index (χ4v) is 4.28. The van der Waals surface area contributed by atoms with Crippen molar-refractivity contribution in [3.63, 3.8) is 0 Å². The summed E-state index contributed by atoms with van der Waals surface area (Å²) in [6, 6.07) is 23.1. The van der Waals surface area contributed by atoms with Crippen LogP contribution in [-0.2, 0) is 0 Å². The molecule has 0 saturated carbocycles. The Balaban J connectivity index is 1.69. The molecule has 45 heavy (non-hydrogen) atoms. The predicted molar refractivity (Wildman–Crippen MR) is 158 cm³/mol. The van der Waals surface area contributed by atoms with Gasteiger partial charge in [-0.05, 0) is 48.0 Å². The van der Waals surface area contributed by atoms with Gasteiger partial charge < -0.3 is 34.5 Å². The first-order chi connectivity index (χ1) is 21.7. The molecule has 4 aromatic carbocycles. The molecule has 1 aromatic heterocycles. The van der Waals surface area contributed by atoms with Crippen LogP contribution in [0.4, 0.5) is 14.5 Å². The Bertz CT molecular complexity index is 1950. The van der Waals surface area contributed by atoms with Crippen LogP contribution < -0.4 is 29.4 Å². The number of ether oxygens (including phenoxy) is 5. The number of carbonyl (C=O) groups is 1. The highest BCUT2D eigenvalue weighted by Gasteiger charge is 2.28. The minimum absolute atomic E-state index is 0.0423. The molecule has 0 aliphatic rings. The summed E-state index contributed by atoms with van der Waals surface area (Å²) in [4.78, 5) is 15.4. The van der Waals surface area contributed by atoms with Crippen LogP contribution in [0.5, 0.6) is 46.3 Å². The van der Waals surface area contributed by atoms with Gasteiger partial charge in [-0.1, -0.05) is 36.4 Å². The van der Waals surface area contributed by atoms with Crippen LogP contribution in [-0.4, -0.2) is 30.3 Å². The Morgan fingerprint density at radius 1 is 0.800 bits per heavy atom. The lowest BCUT2D eigenvalue weighted by atomic mass is 10.0. The number of aromatic carboxylic acids is 1. The number of carboxylic acid groups (broad SMARTS) is 1. The van der Waals surface area contributed by atoms with Crippen molar-refractivity contribution in [3.8, 4) is 63.5 Å². The maximum atomic E-state index is 16.2. The van der Waals surface area contributed by atoms with E-state index in [1.54, 1.807) is 42.5 Å². The molecule has 12 heteroatoms. The fourth-order valence-electron chi connectivity index (χ4n) is 4.28. The van der Waals surface area contributed by atoms with Crippen molar-refractivity contribution in [2.45, 2.75) is 0 Å². The lowest BCUT2D eigenvalue weighted by Crippen LogP contribution is -2.05. The van der Waals surface area contributed by atoms with Crippen molar-refractivity contribution >= 4 is 11.7 Å². The number of pyridine rings is 1. The van der Waals surface area contributed by atoms with Crippen molar-refractivity contribution in [2.24, 2.45) is 0 Å². The van der Waals surface area contributed by atoms with E-state index in [2.05, 4.69) is 4.98 Å². The van der Waals surface area contributed by atoms with Crippen LogP contribution in [0, 0.1) is 23.0 Å². The van der Waals surface area contributed by atoms with Crippen molar-refractivity contribution in [1.29, 1.82) is 5.26 Å². The average Bonchev–Trinajstić information content (AvgIpc) is 3.05. The van der Waals surface area contributed by atoms with Gasteiger partial charge in [-0.2, -0.15) is 19.0 Å². The van der Waals surface area contributed by atoms with E-state index in [1.807, 2.05) is 6.07 Å². The Labute approximate surface area is 255 Å². The molecule has 0 unspecified atom stereocenters. The van der Waals surface area contributed by atoms with Gasteiger partial charge in [-0.3, -0.25) is 0 Å². The van der Waals surface area contributed by atoms with E-state index in [4.69, 9.17) is 29.4 Å². The molecule has 5 aromatic rings. The van der Waals surface area contributed by atoms with Gasteiger partial charge in [0.15, 0.2) is 11.5 Å². The average molecular weight is 612 g/mol. The number of carboxylic acids is 1. The summed E-state index contributed by atoms with van der Waals surface area (Å²) in [5, 5.41) is 19.0. The molecule has 3 N–H and O–H groups in total. The molecule has 0 spiro atoms. The Kier molecular flexibility index (Phi) is 8.62. The molecular weight excluding hydrogens is 588 g/mol. The standard InChI is InChI=1S/C33H23F2N3O7/c1-41-24-15-20(33(39)40)11-12-23(24)44-30-28(34)31(43-22-10-6-9-21(37)16-22)38-32(29(30)35)45-26-14-18(17-36)13-25(42-2)27(26)19-7-4-3-5-8-19/h3-16H,37H2,1-2H3,(H,39,40). The number of methoxy groups -OCH3 is 2. The molecular formula is C33H23F2N3O7. The van der Waals surface area contributed by atoms with Crippen molar-refractivity contribution in [2.75, 3.05) is 20.0 Å². The maximum Gasteiger partial charge on any atom is 0.335 e. The van der Waals surface area contributed by atoms with Gasteiger partial charge in [0.25, 0.3) is 11.8 Å². The first-order valence-electron chi connectivity index (χ1n) is 13.1. The molecule has 0 aliphatic carbocycles. The van der Waals surface area contributed by atoms with E-state index < -0.39 is 35.1 Å². The number of hydrogen-bond acceptors (Lipinski definition) is 9. The summed E-state index contributed by atoms with van der Waals surface area (Å²) in [5.74, 6) is -6.55. The minimum atomic E-state index is -1.38. The number of halogens is 2. The van der Waals surface area contributed by atoms with Crippen molar-refractivity contribution in [3.05, 3.63) is 108 Å². The normalized spacial score (nSPS) is 10.5. The van der Waals surface area contributed by atoms with E-state index >= 15 is 8.78 Å². The van der Waals surface area contributed by atoms with E-state index in [0.717, 1.165) is 6.07 Å². The van der Waals surface area contributed by atoms with E-state index in [-0.39, 0.29) is 39.9 Å². The number of nitriles is 1. The van der Waals surface area contributed by atoms with E-state index in [9.17, 15) is 15.2 Å². The quantitative estimate of drug-likeness (QED) is 0.152. The number of rotatable bonds is 10. The van der Waals surface area contributed by atoms with Crippen LogP contribution in [0.2, 0.25) is 0 Å². The third-order valence-corrected chi connectivity index (χ3v) is 6.36. The third-order valence-electron chi connectivity index (χ3n) is 6.36. The van der Waals surface area contributed by atoms with Crippen LogP contribution in [0.3, 0.4) is 0 Å². The fraction of sp³-hybridized carbons (Fsp3) is 0.0606. The van der Waals surface area contributed by atoms with Gasteiger partial charge in [0, 0.05) is 11.8 Å². The SMILES string of the molecule is COc1cc(C(=O)O)ccc1Oc1c(F)c(Oc2cccc(N)c2)nc(Oc2cc(C#N)cc(OC)c2-c2ccccc2)c1F. The summed E-state index contributed by atoms with van der Waals surface area (Å²) in [5.41, 5.74) is 7.07. The lowest BCUT2D eigenvalue weighted by Gasteiger charge is -2.18. The van der Waals surface area contributed by atoms with Gasteiger partial charge in [-0.15, -0.1) is 0 Å². The number of anilines is 1. The molecule has 5 rings (SSSR count). The first-order valence-corrected chi connectivity index (χ1v) is 13.1. The van der Waals surface area contributed by atoms with Crippen LogP contribution >= 0.6 is 0 Å². The van der Waals surface area contributed by atoms with Gasteiger partial charge in [0.2, 0.25) is 17.4 Å². The smallest absolute Gasteiger partial charge is 0.335 e. The van der Waals surface area contributed by atoms with Gasteiger partial charge in [0.05, 0.1) is 37.0 Å². The zero-order chi connectivity index (χ0) is 32.1. The highest BCUT2D eigenvalue weighted by molar-refractivity contribution is 5.88. The zero-order valence-electron chi connectivity index (χ0n) is 23.7. The second kappa shape index (κ2) is 12.9. The summed E-state index contributed by atoms with van der Waals surface area (Å²) in [7, 11) is 2.63.